The number of hydrogen-bond donors (Lipinski definition) is 0. The molecule has 0 N–H and O–H groups in total. The molecule has 1 heteroatoms. The van der Waals surface area contributed by atoms with E-state index in [9.17, 15) is 0 Å². The Bertz CT molecular complexity index is 2150. The molecule has 0 bridgehead atoms. The fraction of sp³-hybridized carbons (Fsp3) is 0.200. The summed E-state index contributed by atoms with van der Waals surface area (Å²) >= 11 is 0. The number of benzene rings is 5. The summed E-state index contributed by atoms with van der Waals surface area (Å²) in [6, 6.07) is 34.7. The second kappa shape index (κ2) is 7.68. The van der Waals surface area contributed by atoms with Gasteiger partial charge >= 0.3 is 0 Å². The molecule has 5 aromatic carbocycles. The topological polar surface area (TPSA) is 4.93 Å². The standard InChI is InChI=1S/C40H33N/c1-39(2)33-15-9-7-13-27(33)31-22-32-29-14-8-10-16-36(29)41(37(32)23-35(31)39)25-18-20-28-30-19-17-24-11-5-6-12-26(24)38(30)40(3,4)34(28)21-25/h5-7,9-13,15-23H,8,14H2,1-4H3. The van der Waals surface area contributed by atoms with E-state index < -0.39 is 0 Å². The van der Waals surface area contributed by atoms with Crippen LogP contribution in [0.4, 0.5) is 0 Å². The fourth-order valence-electron chi connectivity index (χ4n) is 8.43. The Labute approximate surface area is 241 Å². The van der Waals surface area contributed by atoms with Gasteiger partial charge in [-0.1, -0.05) is 101 Å². The SMILES string of the molecule is CC1(C)c2ccccc2-c2cc3c4c(n(-c5ccc6c(c5)C(C)(C)c5c-6ccc6ccccc56)c3cc21)C=CCC4. The number of hydrogen-bond acceptors (Lipinski definition) is 0. The largest absolute Gasteiger partial charge is 0.310 e. The summed E-state index contributed by atoms with van der Waals surface area (Å²) in [4.78, 5) is 0. The zero-order valence-electron chi connectivity index (χ0n) is 24.2. The molecule has 0 atom stereocenters. The third-order valence-electron chi connectivity index (χ3n) is 10.4. The lowest BCUT2D eigenvalue weighted by Crippen LogP contribution is -2.16. The minimum atomic E-state index is -0.0781. The number of rotatable bonds is 1. The minimum absolute atomic E-state index is 0.0197. The van der Waals surface area contributed by atoms with Crippen LogP contribution in [0.15, 0.2) is 97.1 Å². The van der Waals surface area contributed by atoms with E-state index in [4.69, 9.17) is 0 Å². The molecule has 0 unspecified atom stereocenters. The molecule has 198 valence electrons. The van der Waals surface area contributed by atoms with Crippen molar-refractivity contribution in [3.05, 3.63) is 131 Å². The third-order valence-corrected chi connectivity index (χ3v) is 10.4. The van der Waals surface area contributed by atoms with Crippen molar-refractivity contribution in [2.24, 2.45) is 0 Å². The first kappa shape index (κ1) is 23.4. The van der Waals surface area contributed by atoms with Gasteiger partial charge in [-0.25, -0.2) is 0 Å². The van der Waals surface area contributed by atoms with Crippen molar-refractivity contribution in [2.75, 3.05) is 0 Å². The first-order valence-electron chi connectivity index (χ1n) is 15.0. The van der Waals surface area contributed by atoms with Crippen LogP contribution in [-0.4, -0.2) is 4.57 Å². The van der Waals surface area contributed by atoms with E-state index in [-0.39, 0.29) is 10.8 Å². The van der Waals surface area contributed by atoms with Gasteiger partial charge in [-0.3, -0.25) is 0 Å². The monoisotopic (exact) mass is 527 g/mol. The number of nitrogens with zero attached hydrogens (tertiary/aromatic N) is 1. The number of fused-ring (bicyclic) bond motifs is 11. The van der Waals surface area contributed by atoms with Crippen LogP contribution in [-0.2, 0) is 17.3 Å². The minimum Gasteiger partial charge on any atom is -0.310 e. The second-order valence-electron chi connectivity index (χ2n) is 13.3. The zero-order chi connectivity index (χ0) is 27.7. The molecule has 0 fully saturated rings. The first-order chi connectivity index (χ1) is 19.9. The predicted octanol–water partition coefficient (Wildman–Crippen LogP) is 10.4. The van der Waals surface area contributed by atoms with Crippen molar-refractivity contribution in [1.29, 1.82) is 0 Å². The summed E-state index contributed by atoms with van der Waals surface area (Å²) in [6.07, 6.45) is 6.91. The molecule has 1 aromatic heterocycles. The van der Waals surface area contributed by atoms with Gasteiger partial charge in [0.15, 0.2) is 0 Å². The van der Waals surface area contributed by atoms with Gasteiger partial charge < -0.3 is 4.57 Å². The molecule has 3 aliphatic rings. The number of allylic oxidation sites excluding steroid dienone is 1. The van der Waals surface area contributed by atoms with Crippen molar-refractivity contribution in [3.8, 4) is 27.9 Å². The summed E-state index contributed by atoms with van der Waals surface area (Å²) in [6.45, 7) is 9.58. The molecule has 9 rings (SSSR count). The van der Waals surface area contributed by atoms with Gasteiger partial charge in [0.05, 0.1) is 5.52 Å². The maximum Gasteiger partial charge on any atom is 0.0541 e. The van der Waals surface area contributed by atoms with E-state index in [1.54, 1.807) is 0 Å². The molecule has 0 radical (unpaired) electrons. The van der Waals surface area contributed by atoms with Crippen LogP contribution < -0.4 is 0 Å². The van der Waals surface area contributed by atoms with E-state index in [1.807, 2.05) is 0 Å². The summed E-state index contributed by atoms with van der Waals surface area (Å²) in [7, 11) is 0. The highest BCUT2D eigenvalue weighted by Gasteiger charge is 2.38. The Morgan fingerprint density at radius 2 is 1.37 bits per heavy atom. The summed E-state index contributed by atoms with van der Waals surface area (Å²) in [5, 5.41) is 4.10. The highest BCUT2D eigenvalue weighted by Crippen LogP contribution is 2.53. The quantitative estimate of drug-likeness (QED) is 0.200. The second-order valence-corrected chi connectivity index (χ2v) is 13.3. The molecule has 0 saturated heterocycles. The van der Waals surface area contributed by atoms with E-state index in [1.165, 1.54) is 83.1 Å². The van der Waals surface area contributed by atoms with Crippen LogP contribution in [0.1, 0.15) is 67.6 Å². The van der Waals surface area contributed by atoms with Gasteiger partial charge in [-0.2, -0.15) is 0 Å². The Morgan fingerprint density at radius 1 is 0.610 bits per heavy atom. The van der Waals surface area contributed by atoms with Gasteiger partial charge in [0.25, 0.3) is 0 Å². The van der Waals surface area contributed by atoms with Gasteiger partial charge in [0.2, 0.25) is 0 Å². The molecule has 6 aromatic rings. The fourth-order valence-corrected chi connectivity index (χ4v) is 8.43. The Hall–Kier alpha value is -4.36. The molecule has 0 aliphatic heterocycles. The van der Waals surface area contributed by atoms with Crippen LogP contribution in [0.3, 0.4) is 0 Å². The highest BCUT2D eigenvalue weighted by atomic mass is 15.0. The summed E-state index contributed by atoms with van der Waals surface area (Å²) in [5.41, 5.74) is 16.6. The Morgan fingerprint density at radius 3 is 2.27 bits per heavy atom. The lowest BCUT2D eigenvalue weighted by Gasteiger charge is -2.24. The van der Waals surface area contributed by atoms with Gasteiger partial charge in [-0.05, 0) is 104 Å². The van der Waals surface area contributed by atoms with E-state index in [0.717, 1.165) is 12.8 Å². The summed E-state index contributed by atoms with van der Waals surface area (Å²) in [5.74, 6) is 0. The Balaban J connectivity index is 1.31. The smallest absolute Gasteiger partial charge is 0.0541 e. The van der Waals surface area contributed by atoms with Gasteiger partial charge in [0.1, 0.15) is 0 Å². The van der Waals surface area contributed by atoms with E-state index >= 15 is 0 Å². The molecule has 0 amide bonds. The van der Waals surface area contributed by atoms with Crippen LogP contribution >= 0.6 is 0 Å². The molecule has 41 heavy (non-hydrogen) atoms. The summed E-state index contributed by atoms with van der Waals surface area (Å²) < 4.78 is 2.55. The maximum absolute atomic E-state index is 2.55. The van der Waals surface area contributed by atoms with Crippen molar-refractivity contribution in [2.45, 2.75) is 51.4 Å². The number of aromatic nitrogens is 1. The van der Waals surface area contributed by atoms with Crippen molar-refractivity contribution in [1.82, 2.24) is 4.57 Å². The molecule has 3 aliphatic carbocycles. The average molecular weight is 528 g/mol. The van der Waals surface area contributed by atoms with Crippen LogP contribution in [0.2, 0.25) is 0 Å². The van der Waals surface area contributed by atoms with Gasteiger partial charge in [0, 0.05) is 27.6 Å². The molecular formula is C40H33N. The van der Waals surface area contributed by atoms with Crippen LogP contribution in [0, 0.1) is 0 Å². The van der Waals surface area contributed by atoms with E-state index in [0.29, 0.717) is 0 Å². The maximum atomic E-state index is 2.55. The predicted molar refractivity (Wildman–Crippen MR) is 173 cm³/mol. The van der Waals surface area contributed by atoms with Crippen LogP contribution in [0.25, 0.3) is 55.7 Å². The van der Waals surface area contributed by atoms with Crippen molar-refractivity contribution < 1.29 is 0 Å². The first-order valence-corrected chi connectivity index (χ1v) is 15.0. The molecule has 0 spiro atoms. The highest BCUT2D eigenvalue weighted by molar-refractivity contribution is 5.99. The normalized spacial score (nSPS) is 16.9. The van der Waals surface area contributed by atoms with Gasteiger partial charge in [-0.15, -0.1) is 0 Å². The lowest BCUT2D eigenvalue weighted by atomic mass is 9.80. The molecular weight excluding hydrogens is 494 g/mol. The molecule has 1 heterocycles. The molecule has 1 nitrogen and oxygen atoms in total. The molecule has 0 saturated carbocycles. The average Bonchev–Trinajstić information content (AvgIpc) is 3.53. The third kappa shape index (κ3) is 2.87. The van der Waals surface area contributed by atoms with Crippen molar-refractivity contribution >= 4 is 27.8 Å². The number of aryl methyl sites for hydroxylation is 1. The Kier molecular flexibility index (Phi) is 4.37. The zero-order valence-corrected chi connectivity index (χ0v) is 24.2. The van der Waals surface area contributed by atoms with Crippen LogP contribution in [0.5, 0.6) is 0 Å². The van der Waals surface area contributed by atoms with Crippen molar-refractivity contribution in [3.63, 3.8) is 0 Å². The lowest BCUT2D eigenvalue weighted by molar-refractivity contribution is 0.661. The van der Waals surface area contributed by atoms with E-state index in [2.05, 4.69) is 135 Å².